The summed E-state index contributed by atoms with van der Waals surface area (Å²) in [6, 6.07) is 53.7. The predicted octanol–water partition coefficient (Wildman–Crippen LogP) is 12.5. The van der Waals surface area contributed by atoms with E-state index in [1.54, 1.807) is 0 Å². The standard InChI is InChI=1S/C45H27N3OS2/c1-2-10-26(11-3-1)43-46-44(28-21-22-31-30-12-4-6-17-37(30)51-40(31)25-28)48-45(47-43)34-15-8-16-35-41(34)32-23-20-27(24-36(32)49-35)29-14-9-19-39-42(29)33-13-5-7-18-38(33)50-39/h1-25,45H,(H,46,47,48). The topological polar surface area (TPSA) is 49.9 Å². The number of thiophene rings is 2. The van der Waals surface area contributed by atoms with Crippen LogP contribution in [0.25, 0.3) is 73.4 Å². The summed E-state index contributed by atoms with van der Waals surface area (Å²) >= 11 is 3.66. The Morgan fingerprint density at radius 1 is 0.451 bits per heavy atom. The Morgan fingerprint density at radius 3 is 2.00 bits per heavy atom. The van der Waals surface area contributed by atoms with Gasteiger partial charge in [-0.05, 0) is 53.6 Å². The molecule has 0 aliphatic carbocycles. The third-order valence-corrected chi connectivity index (χ3v) is 12.2. The SMILES string of the molecule is c1ccc(C2=NC(c3cccc4oc5cc(-c6cccc7sc8ccccc8c67)ccc5c34)N=C(c3ccc4c(c3)sc3ccccc34)N2)cc1. The smallest absolute Gasteiger partial charge is 0.170 e. The first-order chi connectivity index (χ1) is 25.2. The molecule has 51 heavy (non-hydrogen) atoms. The molecule has 0 bridgehead atoms. The second-order valence-electron chi connectivity index (χ2n) is 12.9. The van der Waals surface area contributed by atoms with Gasteiger partial charge in [0.2, 0.25) is 0 Å². The molecular weight excluding hydrogens is 663 g/mol. The molecule has 0 fully saturated rings. The summed E-state index contributed by atoms with van der Waals surface area (Å²) in [5.41, 5.74) is 7.10. The first-order valence-electron chi connectivity index (χ1n) is 17.0. The normalized spacial score (nSPS) is 14.9. The van der Waals surface area contributed by atoms with Crippen molar-refractivity contribution >= 4 is 96.6 Å². The zero-order valence-corrected chi connectivity index (χ0v) is 28.8. The fraction of sp³-hybridized carbons (Fsp3) is 0.0222. The Morgan fingerprint density at radius 2 is 1.12 bits per heavy atom. The Balaban J connectivity index is 1.07. The Hall–Kier alpha value is -6.08. The minimum Gasteiger partial charge on any atom is -0.456 e. The fourth-order valence-electron chi connectivity index (χ4n) is 7.60. The van der Waals surface area contributed by atoms with E-state index in [0.29, 0.717) is 0 Å². The largest absolute Gasteiger partial charge is 0.456 e. The molecule has 11 rings (SSSR count). The molecule has 4 nitrogen and oxygen atoms in total. The molecule has 0 spiro atoms. The van der Waals surface area contributed by atoms with Gasteiger partial charge in [-0.15, -0.1) is 22.7 Å². The van der Waals surface area contributed by atoms with Crippen LogP contribution in [0.2, 0.25) is 0 Å². The number of nitrogens with zero attached hydrogens (tertiary/aromatic N) is 2. The highest BCUT2D eigenvalue weighted by atomic mass is 32.1. The number of hydrogen-bond donors (Lipinski definition) is 1. The van der Waals surface area contributed by atoms with E-state index in [-0.39, 0.29) is 0 Å². The van der Waals surface area contributed by atoms with E-state index in [2.05, 4.69) is 139 Å². The predicted molar refractivity (Wildman–Crippen MR) is 217 cm³/mol. The zero-order valence-electron chi connectivity index (χ0n) is 27.1. The zero-order chi connectivity index (χ0) is 33.5. The van der Waals surface area contributed by atoms with Crippen molar-refractivity contribution in [3.8, 4) is 11.1 Å². The molecule has 0 amide bonds. The van der Waals surface area contributed by atoms with Crippen molar-refractivity contribution in [2.45, 2.75) is 6.17 Å². The number of benzene rings is 7. The van der Waals surface area contributed by atoms with E-state index in [0.717, 1.165) is 55.9 Å². The summed E-state index contributed by atoms with van der Waals surface area (Å²) in [4.78, 5) is 10.5. The van der Waals surface area contributed by atoms with E-state index >= 15 is 0 Å². The third kappa shape index (κ3) is 4.57. The fourth-order valence-corrected chi connectivity index (χ4v) is 9.88. The van der Waals surface area contributed by atoms with Crippen molar-refractivity contribution < 1.29 is 4.42 Å². The van der Waals surface area contributed by atoms with E-state index in [1.165, 1.54) is 45.9 Å². The number of amidine groups is 2. The molecule has 3 aromatic heterocycles. The highest BCUT2D eigenvalue weighted by Gasteiger charge is 2.25. The summed E-state index contributed by atoms with van der Waals surface area (Å²) in [7, 11) is 0. The molecule has 1 aliphatic rings. The lowest BCUT2D eigenvalue weighted by molar-refractivity contribution is 0.668. The Bertz CT molecular complexity index is 3070. The second kappa shape index (κ2) is 11.2. The van der Waals surface area contributed by atoms with Crippen LogP contribution in [0.15, 0.2) is 166 Å². The minimum absolute atomic E-state index is 0.468. The maximum atomic E-state index is 6.62. The van der Waals surface area contributed by atoms with E-state index in [4.69, 9.17) is 14.4 Å². The third-order valence-electron chi connectivity index (χ3n) is 9.96. The molecule has 7 aromatic carbocycles. The van der Waals surface area contributed by atoms with E-state index in [9.17, 15) is 0 Å². The monoisotopic (exact) mass is 689 g/mol. The van der Waals surface area contributed by atoms with Crippen molar-refractivity contribution in [1.29, 1.82) is 0 Å². The molecule has 0 saturated carbocycles. The molecule has 6 heteroatoms. The molecule has 1 N–H and O–H groups in total. The molecular formula is C45H27N3OS2. The van der Waals surface area contributed by atoms with Crippen LogP contribution >= 0.6 is 22.7 Å². The number of hydrogen-bond acceptors (Lipinski definition) is 6. The van der Waals surface area contributed by atoms with Gasteiger partial charge in [-0.25, -0.2) is 9.98 Å². The number of furan rings is 1. The van der Waals surface area contributed by atoms with Gasteiger partial charge in [0.1, 0.15) is 22.8 Å². The van der Waals surface area contributed by atoms with Gasteiger partial charge in [-0.1, -0.05) is 109 Å². The van der Waals surface area contributed by atoms with Crippen LogP contribution in [0, 0.1) is 0 Å². The highest BCUT2D eigenvalue weighted by Crippen LogP contribution is 2.43. The number of aliphatic imine (C=N–C) groups is 2. The van der Waals surface area contributed by atoms with Crippen LogP contribution in [0.5, 0.6) is 0 Å². The average molecular weight is 690 g/mol. The lowest BCUT2D eigenvalue weighted by atomic mass is 9.97. The van der Waals surface area contributed by atoms with Gasteiger partial charge in [0.05, 0.1) is 0 Å². The molecule has 240 valence electrons. The van der Waals surface area contributed by atoms with E-state index < -0.39 is 6.17 Å². The van der Waals surface area contributed by atoms with Crippen LogP contribution in [0.1, 0.15) is 22.9 Å². The maximum Gasteiger partial charge on any atom is 0.170 e. The van der Waals surface area contributed by atoms with Crippen LogP contribution in [-0.4, -0.2) is 11.7 Å². The van der Waals surface area contributed by atoms with Crippen molar-refractivity contribution in [3.05, 3.63) is 168 Å². The van der Waals surface area contributed by atoms with Crippen LogP contribution in [0.3, 0.4) is 0 Å². The van der Waals surface area contributed by atoms with Gasteiger partial charge in [-0.3, -0.25) is 0 Å². The van der Waals surface area contributed by atoms with Gasteiger partial charge in [-0.2, -0.15) is 0 Å². The summed E-state index contributed by atoms with van der Waals surface area (Å²) in [5, 5.41) is 10.8. The summed E-state index contributed by atoms with van der Waals surface area (Å²) < 4.78 is 11.7. The van der Waals surface area contributed by atoms with Crippen LogP contribution in [0.4, 0.5) is 0 Å². The first-order valence-corrected chi connectivity index (χ1v) is 18.6. The van der Waals surface area contributed by atoms with Crippen molar-refractivity contribution in [2.24, 2.45) is 9.98 Å². The molecule has 1 aliphatic heterocycles. The molecule has 4 heterocycles. The summed E-state index contributed by atoms with van der Waals surface area (Å²) in [6.07, 6.45) is -0.468. The molecule has 0 saturated heterocycles. The van der Waals surface area contributed by atoms with Crippen molar-refractivity contribution in [3.63, 3.8) is 0 Å². The average Bonchev–Trinajstić information content (AvgIpc) is 3.88. The van der Waals surface area contributed by atoms with Gasteiger partial charge in [0.25, 0.3) is 0 Å². The van der Waals surface area contributed by atoms with Crippen molar-refractivity contribution in [2.75, 3.05) is 0 Å². The summed E-state index contributed by atoms with van der Waals surface area (Å²) in [5.74, 6) is 1.60. The van der Waals surface area contributed by atoms with E-state index in [1.807, 2.05) is 40.9 Å². The minimum atomic E-state index is -0.468. The number of fused-ring (bicyclic) bond motifs is 9. The summed E-state index contributed by atoms with van der Waals surface area (Å²) in [6.45, 7) is 0. The first kappa shape index (κ1) is 28.7. The maximum absolute atomic E-state index is 6.62. The Labute approximate surface area is 300 Å². The number of nitrogens with one attached hydrogen (secondary N) is 1. The molecule has 1 atom stereocenters. The molecule has 0 radical (unpaired) electrons. The van der Waals surface area contributed by atoms with Gasteiger partial charge >= 0.3 is 0 Å². The molecule has 10 aromatic rings. The lowest BCUT2D eigenvalue weighted by Gasteiger charge is -2.23. The van der Waals surface area contributed by atoms with Gasteiger partial charge in [0, 0.05) is 67.8 Å². The number of rotatable bonds is 4. The lowest BCUT2D eigenvalue weighted by Crippen LogP contribution is -2.36. The highest BCUT2D eigenvalue weighted by molar-refractivity contribution is 7.26. The second-order valence-corrected chi connectivity index (χ2v) is 15.1. The van der Waals surface area contributed by atoms with Crippen molar-refractivity contribution in [1.82, 2.24) is 5.32 Å². The molecule has 1 unspecified atom stereocenters. The quantitative estimate of drug-likeness (QED) is 0.200. The van der Waals surface area contributed by atoms with Gasteiger partial charge < -0.3 is 9.73 Å². The van der Waals surface area contributed by atoms with Gasteiger partial charge in [0.15, 0.2) is 6.17 Å². The Kier molecular flexibility index (Phi) is 6.32. The van der Waals surface area contributed by atoms with Crippen LogP contribution < -0.4 is 5.32 Å². The van der Waals surface area contributed by atoms with Crippen LogP contribution in [-0.2, 0) is 0 Å².